The highest BCUT2D eigenvalue weighted by atomic mass is 35.5. The molecule has 3 rings (SSSR count). The van der Waals surface area contributed by atoms with Gasteiger partial charge < -0.3 is 14.9 Å². The first-order valence-electron chi connectivity index (χ1n) is 6.77. The molecule has 0 radical (unpaired) electrons. The Kier molecular flexibility index (Phi) is 3.93. The number of hydrogen-bond donors (Lipinski definition) is 2. The molecule has 7 heteroatoms. The van der Waals surface area contributed by atoms with Gasteiger partial charge in [-0.2, -0.15) is 4.98 Å². The van der Waals surface area contributed by atoms with Gasteiger partial charge in [-0.05, 0) is 37.6 Å². The van der Waals surface area contributed by atoms with Crippen LogP contribution in [0.5, 0.6) is 0 Å². The first-order chi connectivity index (χ1) is 10.1. The van der Waals surface area contributed by atoms with Crippen LogP contribution in [0.1, 0.15) is 30.1 Å². The van der Waals surface area contributed by atoms with E-state index in [2.05, 4.69) is 15.5 Å². The third-order valence-corrected chi connectivity index (χ3v) is 3.97. The van der Waals surface area contributed by atoms with E-state index < -0.39 is 11.4 Å². The molecule has 0 bridgehead atoms. The number of hydrogen-bond acceptors (Lipinski definition) is 5. The molecule has 112 valence electrons. The topological polar surface area (TPSA) is 71.2 Å². The van der Waals surface area contributed by atoms with Gasteiger partial charge in [0.2, 0.25) is 0 Å². The normalized spacial score (nSPS) is 17.9. The predicted molar refractivity (Wildman–Crippen MR) is 74.5 cm³/mol. The number of piperidine rings is 1. The number of halogens is 2. The molecule has 0 atom stereocenters. The molecule has 1 aliphatic heterocycles. The zero-order valence-electron chi connectivity index (χ0n) is 11.3. The van der Waals surface area contributed by atoms with Crippen molar-refractivity contribution in [2.45, 2.75) is 24.9 Å². The summed E-state index contributed by atoms with van der Waals surface area (Å²) in [6.07, 6.45) is 1.20. The summed E-state index contributed by atoms with van der Waals surface area (Å²) in [5.41, 5.74) is -0.698. The van der Waals surface area contributed by atoms with E-state index >= 15 is 0 Å². The Bertz CT molecular complexity index is 641. The lowest BCUT2D eigenvalue weighted by atomic mass is 9.92. The summed E-state index contributed by atoms with van der Waals surface area (Å²) in [5.74, 6) is 0.0469. The van der Waals surface area contributed by atoms with Crippen LogP contribution in [-0.2, 0) is 12.0 Å². The van der Waals surface area contributed by atoms with Crippen molar-refractivity contribution in [1.29, 1.82) is 0 Å². The van der Waals surface area contributed by atoms with Crippen LogP contribution in [0.2, 0.25) is 5.02 Å². The lowest BCUT2D eigenvalue weighted by molar-refractivity contribution is -0.0228. The Morgan fingerprint density at radius 1 is 1.38 bits per heavy atom. The van der Waals surface area contributed by atoms with Crippen LogP contribution in [0.3, 0.4) is 0 Å². The monoisotopic (exact) mass is 311 g/mol. The molecular weight excluding hydrogens is 297 g/mol. The third-order valence-electron chi connectivity index (χ3n) is 3.68. The van der Waals surface area contributed by atoms with Crippen molar-refractivity contribution in [2.75, 3.05) is 13.1 Å². The van der Waals surface area contributed by atoms with Crippen molar-refractivity contribution in [1.82, 2.24) is 15.5 Å². The fourth-order valence-corrected chi connectivity index (χ4v) is 2.62. The molecule has 0 spiro atoms. The van der Waals surface area contributed by atoms with Crippen LogP contribution in [0.15, 0.2) is 22.7 Å². The zero-order valence-corrected chi connectivity index (χ0v) is 12.0. The van der Waals surface area contributed by atoms with E-state index in [1.54, 1.807) is 12.1 Å². The summed E-state index contributed by atoms with van der Waals surface area (Å²) >= 11 is 5.74. The smallest absolute Gasteiger partial charge is 0.258 e. The second-order valence-corrected chi connectivity index (χ2v) is 5.59. The maximum absolute atomic E-state index is 13.8. The van der Waals surface area contributed by atoms with E-state index in [-0.39, 0.29) is 17.3 Å². The highest BCUT2D eigenvalue weighted by Gasteiger charge is 2.36. The summed E-state index contributed by atoms with van der Waals surface area (Å²) < 4.78 is 19.0. The number of rotatable bonds is 3. The van der Waals surface area contributed by atoms with Gasteiger partial charge >= 0.3 is 0 Å². The predicted octanol–water partition coefficient (Wildman–Crippen LogP) is 2.02. The quantitative estimate of drug-likeness (QED) is 0.907. The van der Waals surface area contributed by atoms with E-state index in [0.29, 0.717) is 37.3 Å². The SMILES string of the molecule is OC1(c2nc(Cc3cccc(Cl)c3F)no2)CCNCC1. The Morgan fingerprint density at radius 3 is 2.90 bits per heavy atom. The molecule has 0 aliphatic carbocycles. The molecule has 2 N–H and O–H groups in total. The summed E-state index contributed by atoms with van der Waals surface area (Å²) in [4.78, 5) is 4.21. The van der Waals surface area contributed by atoms with Gasteiger partial charge in [0.05, 0.1) is 5.02 Å². The van der Waals surface area contributed by atoms with Crippen molar-refractivity contribution in [3.8, 4) is 0 Å². The summed E-state index contributed by atoms with van der Waals surface area (Å²) in [6.45, 7) is 1.38. The molecule has 21 heavy (non-hydrogen) atoms. The Hall–Kier alpha value is -1.50. The van der Waals surface area contributed by atoms with Gasteiger partial charge in [0.15, 0.2) is 5.82 Å². The highest BCUT2D eigenvalue weighted by Crippen LogP contribution is 2.29. The van der Waals surface area contributed by atoms with Crippen LogP contribution in [-0.4, -0.2) is 28.3 Å². The Labute approximate surface area is 126 Å². The van der Waals surface area contributed by atoms with Gasteiger partial charge in [0.25, 0.3) is 5.89 Å². The van der Waals surface area contributed by atoms with Crippen molar-refractivity contribution < 1.29 is 14.0 Å². The molecule has 2 heterocycles. The van der Waals surface area contributed by atoms with Gasteiger partial charge in [-0.15, -0.1) is 0 Å². The van der Waals surface area contributed by atoms with Crippen LogP contribution in [0.4, 0.5) is 4.39 Å². The van der Waals surface area contributed by atoms with Crippen molar-refractivity contribution in [3.05, 3.63) is 46.3 Å². The van der Waals surface area contributed by atoms with Gasteiger partial charge in [-0.3, -0.25) is 0 Å². The van der Waals surface area contributed by atoms with Gasteiger partial charge in [0.1, 0.15) is 11.4 Å². The van der Waals surface area contributed by atoms with E-state index in [1.807, 2.05) is 0 Å². The van der Waals surface area contributed by atoms with Crippen LogP contribution in [0, 0.1) is 5.82 Å². The van der Waals surface area contributed by atoms with Gasteiger partial charge in [0, 0.05) is 6.42 Å². The Balaban J connectivity index is 1.80. The minimum Gasteiger partial charge on any atom is -0.380 e. The lowest BCUT2D eigenvalue weighted by Gasteiger charge is -2.28. The molecule has 2 aromatic rings. The minimum atomic E-state index is -1.09. The molecule has 0 amide bonds. The largest absolute Gasteiger partial charge is 0.380 e. The number of aliphatic hydroxyl groups is 1. The van der Waals surface area contributed by atoms with E-state index in [1.165, 1.54) is 6.07 Å². The zero-order chi connectivity index (χ0) is 14.9. The highest BCUT2D eigenvalue weighted by molar-refractivity contribution is 6.30. The molecule has 1 aliphatic rings. The fraction of sp³-hybridized carbons (Fsp3) is 0.429. The fourth-order valence-electron chi connectivity index (χ4n) is 2.42. The summed E-state index contributed by atoms with van der Waals surface area (Å²) in [6, 6.07) is 4.78. The molecule has 1 aromatic heterocycles. The standard InChI is InChI=1S/C14H15ClFN3O2/c15-10-3-1-2-9(12(10)16)8-11-18-13(21-19-11)14(20)4-6-17-7-5-14/h1-3,17,20H,4-8H2. The maximum Gasteiger partial charge on any atom is 0.258 e. The summed E-state index contributed by atoms with van der Waals surface area (Å²) in [5, 5.41) is 17.5. The van der Waals surface area contributed by atoms with Crippen LogP contribution in [0.25, 0.3) is 0 Å². The molecule has 1 saturated heterocycles. The number of nitrogens with one attached hydrogen (secondary N) is 1. The average Bonchev–Trinajstić information content (AvgIpc) is 2.94. The summed E-state index contributed by atoms with van der Waals surface area (Å²) in [7, 11) is 0. The molecule has 1 aromatic carbocycles. The third kappa shape index (κ3) is 2.92. The molecule has 0 unspecified atom stereocenters. The van der Waals surface area contributed by atoms with Gasteiger partial charge in [-0.1, -0.05) is 28.9 Å². The first kappa shape index (κ1) is 14.4. The van der Waals surface area contributed by atoms with Crippen molar-refractivity contribution in [3.63, 3.8) is 0 Å². The van der Waals surface area contributed by atoms with Crippen molar-refractivity contribution >= 4 is 11.6 Å². The van der Waals surface area contributed by atoms with E-state index in [0.717, 1.165) is 0 Å². The van der Waals surface area contributed by atoms with E-state index in [4.69, 9.17) is 16.1 Å². The maximum atomic E-state index is 13.8. The van der Waals surface area contributed by atoms with Crippen LogP contribution >= 0.6 is 11.6 Å². The number of aromatic nitrogens is 2. The molecular formula is C14H15ClFN3O2. The molecule has 5 nitrogen and oxygen atoms in total. The number of nitrogens with zero attached hydrogens (tertiary/aromatic N) is 2. The van der Waals surface area contributed by atoms with Gasteiger partial charge in [-0.25, -0.2) is 4.39 Å². The molecule has 1 fully saturated rings. The van der Waals surface area contributed by atoms with E-state index in [9.17, 15) is 9.50 Å². The first-order valence-corrected chi connectivity index (χ1v) is 7.15. The Morgan fingerprint density at radius 2 is 2.14 bits per heavy atom. The minimum absolute atomic E-state index is 0.0631. The second kappa shape index (κ2) is 5.71. The number of benzene rings is 1. The second-order valence-electron chi connectivity index (χ2n) is 5.19. The molecule has 0 saturated carbocycles. The lowest BCUT2D eigenvalue weighted by Crippen LogP contribution is -2.39. The van der Waals surface area contributed by atoms with Crippen LogP contribution < -0.4 is 5.32 Å². The van der Waals surface area contributed by atoms with Crippen molar-refractivity contribution in [2.24, 2.45) is 0 Å². The average molecular weight is 312 g/mol.